The molecule has 1 unspecified atom stereocenters. The van der Waals surface area contributed by atoms with Gasteiger partial charge in [-0.3, -0.25) is 14.9 Å². The Morgan fingerprint density at radius 1 is 1.33 bits per heavy atom. The van der Waals surface area contributed by atoms with Crippen LogP contribution >= 0.6 is 11.3 Å². The number of nitrogens with zero attached hydrogens (tertiary/aromatic N) is 3. The quantitative estimate of drug-likeness (QED) is 0.582. The minimum atomic E-state index is -0.470. The van der Waals surface area contributed by atoms with Gasteiger partial charge in [0.1, 0.15) is 5.82 Å². The molecule has 1 aromatic carbocycles. The number of para-hydroxylation sites is 2. The fourth-order valence-electron chi connectivity index (χ4n) is 3.11. The van der Waals surface area contributed by atoms with E-state index < -0.39 is 4.92 Å². The van der Waals surface area contributed by atoms with Crippen LogP contribution in [0.15, 0.2) is 36.4 Å². The van der Waals surface area contributed by atoms with E-state index in [4.69, 9.17) is 0 Å². The van der Waals surface area contributed by atoms with Gasteiger partial charge in [-0.25, -0.2) is 4.98 Å². The molecule has 1 amide bonds. The number of imidazole rings is 1. The molecule has 0 saturated carbocycles. The normalized spacial score (nSPS) is 17.5. The summed E-state index contributed by atoms with van der Waals surface area (Å²) in [4.78, 5) is 33.1. The Hall–Kier alpha value is -2.74. The van der Waals surface area contributed by atoms with Crippen LogP contribution in [0.4, 0.5) is 5.00 Å². The predicted molar refractivity (Wildman–Crippen MR) is 90.1 cm³/mol. The molecule has 0 radical (unpaired) electrons. The van der Waals surface area contributed by atoms with Crippen molar-refractivity contribution in [1.82, 2.24) is 14.9 Å². The van der Waals surface area contributed by atoms with Crippen LogP contribution < -0.4 is 0 Å². The zero-order valence-corrected chi connectivity index (χ0v) is 13.5. The summed E-state index contributed by atoms with van der Waals surface area (Å²) in [7, 11) is 0. The molecule has 122 valence electrons. The lowest BCUT2D eigenvalue weighted by Gasteiger charge is -2.22. The number of thiophene rings is 1. The summed E-state index contributed by atoms with van der Waals surface area (Å²) in [6, 6.07) is 10.5. The molecule has 2 aromatic heterocycles. The molecule has 1 aliphatic rings. The van der Waals surface area contributed by atoms with Crippen LogP contribution in [-0.4, -0.2) is 32.2 Å². The predicted octanol–water partition coefficient (Wildman–Crippen LogP) is 3.51. The lowest BCUT2D eigenvalue weighted by molar-refractivity contribution is -0.380. The number of hydrogen-bond donors (Lipinski definition) is 1. The molecule has 0 spiro atoms. The number of carbonyl (C=O) groups excluding carboxylic acids is 1. The highest BCUT2D eigenvalue weighted by Gasteiger charge is 2.33. The lowest BCUT2D eigenvalue weighted by atomic mass is 10.2. The maximum Gasteiger partial charge on any atom is 0.324 e. The smallest absolute Gasteiger partial charge is 0.324 e. The second-order valence-electron chi connectivity index (χ2n) is 5.69. The van der Waals surface area contributed by atoms with Crippen LogP contribution in [0.25, 0.3) is 11.0 Å². The molecule has 1 atom stereocenters. The summed E-state index contributed by atoms with van der Waals surface area (Å²) in [5.41, 5.74) is 1.82. The van der Waals surface area contributed by atoms with Gasteiger partial charge in [-0.15, -0.1) is 0 Å². The van der Waals surface area contributed by atoms with Gasteiger partial charge in [0.2, 0.25) is 0 Å². The van der Waals surface area contributed by atoms with E-state index in [-0.39, 0.29) is 17.0 Å². The molecular weight excluding hydrogens is 328 g/mol. The first-order valence-electron chi connectivity index (χ1n) is 7.63. The second-order valence-corrected chi connectivity index (χ2v) is 6.75. The Labute approximate surface area is 141 Å². The van der Waals surface area contributed by atoms with E-state index in [1.165, 1.54) is 12.1 Å². The first-order chi connectivity index (χ1) is 11.6. The van der Waals surface area contributed by atoms with Crippen molar-refractivity contribution in [2.45, 2.75) is 18.9 Å². The number of fused-ring (bicyclic) bond motifs is 1. The van der Waals surface area contributed by atoms with Crippen molar-refractivity contribution in [3.8, 4) is 0 Å². The Morgan fingerprint density at radius 3 is 2.92 bits per heavy atom. The summed E-state index contributed by atoms with van der Waals surface area (Å²) >= 11 is 0.917. The SMILES string of the molecule is O=C(c1ccc([N+](=O)[O-])s1)N1CCCC1c1nc2ccccc2[nH]1. The van der Waals surface area contributed by atoms with Gasteiger partial charge in [-0.1, -0.05) is 23.5 Å². The maximum absolute atomic E-state index is 12.8. The zero-order valence-electron chi connectivity index (χ0n) is 12.6. The largest absolute Gasteiger partial charge is 0.340 e. The van der Waals surface area contributed by atoms with Crippen LogP contribution in [-0.2, 0) is 0 Å². The van der Waals surface area contributed by atoms with Crippen LogP contribution in [0.5, 0.6) is 0 Å². The van der Waals surface area contributed by atoms with Crippen LogP contribution in [0.1, 0.15) is 34.4 Å². The molecule has 1 saturated heterocycles. The minimum Gasteiger partial charge on any atom is -0.340 e. The number of likely N-dealkylation sites (tertiary alicyclic amines) is 1. The number of nitro groups is 1. The number of rotatable bonds is 3. The van der Waals surface area contributed by atoms with Crippen molar-refractivity contribution in [3.05, 3.63) is 57.2 Å². The Bertz CT molecular complexity index is 899. The second kappa shape index (κ2) is 5.72. The lowest BCUT2D eigenvalue weighted by Crippen LogP contribution is -2.30. The van der Waals surface area contributed by atoms with E-state index in [2.05, 4.69) is 9.97 Å². The van der Waals surface area contributed by atoms with Gasteiger partial charge in [-0.2, -0.15) is 0 Å². The van der Waals surface area contributed by atoms with Crippen LogP contribution in [0.3, 0.4) is 0 Å². The summed E-state index contributed by atoms with van der Waals surface area (Å²) in [5, 5.41) is 10.8. The number of H-pyrrole nitrogens is 1. The highest BCUT2D eigenvalue weighted by Crippen LogP contribution is 2.34. The number of aromatic amines is 1. The van der Waals surface area contributed by atoms with Crippen molar-refractivity contribution in [2.24, 2.45) is 0 Å². The Balaban J connectivity index is 1.64. The molecule has 4 rings (SSSR count). The van der Waals surface area contributed by atoms with Crippen molar-refractivity contribution in [3.63, 3.8) is 0 Å². The summed E-state index contributed by atoms with van der Waals surface area (Å²) in [6.07, 6.45) is 1.72. The fraction of sp³-hybridized carbons (Fsp3) is 0.250. The maximum atomic E-state index is 12.8. The van der Waals surface area contributed by atoms with Gasteiger partial charge in [0, 0.05) is 12.6 Å². The van der Waals surface area contributed by atoms with Gasteiger partial charge in [-0.05, 0) is 31.0 Å². The first kappa shape index (κ1) is 14.8. The van der Waals surface area contributed by atoms with Gasteiger partial charge < -0.3 is 9.88 Å². The molecule has 3 heterocycles. The molecule has 1 N–H and O–H groups in total. The van der Waals surface area contributed by atoms with E-state index in [0.29, 0.717) is 11.4 Å². The monoisotopic (exact) mass is 342 g/mol. The van der Waals surface area contributed by atoms with Gasteiger partial charge in [0.15, 0.2) is 0 Å². The number of benzene rings is 1. The molecule has 1 fully saturated rings. The molecule has 0 bridgehead atoms. The average molecular weight is 342 g/mol. The molecule has 3 aromatic rings. The van der Waals surface area contributed by atoms with Gasteiger partial charge in [0.05, 0.1) is 26.9 Å². The van der Waals surface area contributed by atoms with Crippen molar-refractivity contribution < 1.29 is 9.72 Å². The van der Waals surface area contributed by atoms with Crippen LogP contribution in [0, 0.1) is 10.1 Å². The third-order valence-electron chi connectivity index (χ3n) is 4.22. The zero-order chi connectivity index (χ0) is 16.7. The van der Waals surface area contributed by atoms with Crippen molar-refractivity contribution >= 4 is 33.3 Å². The van der Waals surface area contributed by atoms with E-state index in [1.54, 1.807) is 4.90 Å². The number of hydrogen-bond acceptors (Lipinski definition) is 5. The molecule has 0 aliphatic carbocycles. The molecule has 24 heavy (non-hydrogen) atoms. The Kier molecular flexibility index (Phi) is 3.53. The summed E-state index contributed by atoms with van der Waals surface area (Å²) in [6.45, 7) is 0.631. The Morgan fingerprint density at radius 2 is 2.17 bits per heavy atom. The van der Waals surface area contributed by atoms with Crippen molar-refractivity contribution in [2.75, 3.05) is 6.54 Å². The number of amides is 1. The third-order valence-corrected chi connectivity index (χ3v) is 5.24. The summed E-state index contributed by atoms with van der Waals surface area (Å²) < 4.78 is 0. The van der Waals surface area contributed by atoms with Crippen LogP contribution in [0.2, 0.25) is 0 Å². The standard InChI is InChI=1S/C16H14N4O3S/c21-16(13-7-8-14(24-13)20(22)23)19-9-3-6-12(19)15-17-10-4-1-2-5-11(10)18-15/h1-2,4-5,7-8,12H,3,6,9H2,(H,17,18). The first-order valence-corrected chi connectivity index (χ1v) is 8.45. The minimum absolute atomic E-state index is 0.0159. The fourth-order valence-corrected chi connectivity index (χ4v) is 3.88. The van der Waals surface area contributed by atoms with Gasteiger partial charge >= 0.3 is 5.00 Å². The summed E-state index contributed by atoms with van der Waals surface area (Å²) in [5.74, 6) is 0.601. The molecular formula is C16H14N4O3S. The average Bonchev–Trinajstić information content (AvgIpc) is 3.30. The van der Waals surface area contributed by atoms with E-state index in [1.807, 2.05) is 24.3 Å². The molecule has 8 heteroatoms. The number of carbonyl (C=O) groups is 1. The highest BCUT2D eigenvalue weighted by atomic mass is 32.1. The third kappa shape index (κ3) is 2.44. The van der Waals surface area contributed by atoms with E-state index >= 15 is 0 Å². The van der Waals surface area contributed by atoms with Crippen molar-refractivity contribution in [1.29, 1.82) is 0 Å². The highest BCUT2D eigenvalue weighted by molar-refractivity contribution is 7.17. The van der Waals surface area contributed by atoms with E-state index in [0.717, 1.165) is 41.0 Å². The van der Waals surface area contributed by atoms with Gasteiger partial charge in [0.25, 0.3) is 5.91 Å². The molecule has 7 nitrogen and oxygen atoms in total. The topological polar surface area (TPSA) is 92.1 Å². The number of aromatic nitrogens is 2. The number of nitrogens with one attached hydrogen (secondary N) is 1. The van der Waals surface area contributed by atoms with E-state index in [9.17, 15) is 14.9 Å². The molecule has 1 aliphatic heterocycles.